The number of hydrogen-bond acceptors (Lipinski definition) is 4. The summed E-state index contributed by atoms with van der Waals surface area (Å²) in [5.74, 6) is 0. The second kappa shape index (κ2) is 9.21. The van der Waals surface area contributed by atoms with Crippen molar-refractivity contribution in [2.45, 2.75) is 18.2 Å². The van der Waals surface area contributed by atoms with Crippen molar-refractivity contribution in [2.24, 2.45) is 0 Å². The van der Waals surface area contributed by atoms with E-state index in [0.29, 0.717) is 13.0 Å². The standard InChI is InChI=1S/C17H22N2O4S2/c1-15-7-9-17(10-8-15)25(22,23)18-12-14-19(24(20)21)13-11-16-5-3-2-4-6-16/h2-10,18H,11-14H2,1H3,(H,20,21)/p-1. The maximum Gasteiger partial charge on any atom is 0.240 e. The molecule has 8 heteroatoms. The fraction of sp³-hybridized carbons (Fsp3) is 0.294. The molecule has 2 aromatic carbocycles. The van der Waals surface area contributed by atoms with E-state index >= 15 is 0 Å². The molecule has 2 rings (SSSR count). The van der Waals surface area contributed by atoms with E-state index < -0.39 is 21.3 Å². The van der Waals surface area contributed by atoms with Crippen LogP contribution in [0, 0.1) is 6.92 Å². The van der Waals surface area contributed by atoms with E-state index in [0.717, 1.165) is 11.1 Å². The van der Waals surface area contributed by atoms with Crippen molar-refractivity contribution in [1.29, 1.82) is 0 Å². The van der Waals surface area contributed by atoms with Crippen LogP contribution in [-0.2, 0) is 27.7 Å². The number of rotatable bonds is 9. The van der Waals surface area contributed by atoms with Crippen LogP contribution >= 0.6 is 0 Å². The molecule has 0 aliphatic carbocycles. The second-order valence-corrected chi connectivity index (χ2v) is 8.31. The topological polar surface area (TPSA) is 89.5 Å². The molecule has 1 unspecified atom stereocenters. The lowest BCUT2D eigenvalue weighted by molar-refractivity contribution is 0.392. The SMILES string of the molecule is Cc1ccc(S(=O)(=O)NCCN(CCc2ccccc2)S(=O)[O-])cc1. The van der Waals surface area contributed by atoms with Crippen molar-refractivity contribution in [3.05, 3.63) is 65.7 Å². The molecule has 0 aromatic heterocycles. The van der Waals surface area contributed by atoms with Crippen molar-refractivity contribution in [2.75, 3.05) is 19.6 Å². The van der Waals surface area contributed by atoms with Gasteiger partial charge in [-0.3, -0.25) is 4.21 Å². The number of benzene rings is 2. The number of hydrogen-bond donors (Lipinski definition) is 1. The molecule has 0 saturated heterocycles. The van der Waals surface area contributed by atoms with Gasteiger partial charge in [0.2, 0.25) is 10.0 Å². The van der Waals surface area contributed by atoms with Crippen LogP contribution < -0.4 is 4.72 Å². The fourth-order valence-corrected chi connectivity index (χ4v) is 3.77. The van der Waals surface area contributed by atoms with Crippen LogP contribution in [0.1, 0.15) is 11.1 Å². The van der Waals surface area contributed by atoms with Gasteiger partial charge in [0.15, 0.2) is 0 Å². The average Bonchev–Trinajstić information content (AvgIpc) is 2.59. The number of nitrogens with zero attached hydrogens (tertiary/aromatic N) is 1. The summed E-state index contributed by atoms with van der Waals surface area (Å²) < 4.78 is 50.7. The zero-order chi connectivity index (χ0) is 18.3. The Morgan fingerprint density at radius 1 is 1.04 bits per heavy atom. The molecule has 6 nitrogen and oxygen atoms in total. The smallest absolute Gasteiger partial charge is 0.240 e. The van der Waals surface area contributed by atoms with E-state index in [1.54, 1.807) is 12.1 Å². The van der Waals surface area contributed by atoms with Gasteiger partial charge in [0.1, 0.15) is 0 Å². The minimum absolute atomic E-state index is 0.0129. The summed E-state index contributed by atoms with van der Waals surface area (Å²) in [4.78, 5) is 0.164. The molecular weight excluding hydrogens is 360 g/mol. The molecule has 136 valence electrons. The van der Waals surface area contributed by atoms with Crippen molar-refractivity contribution in [3.8, 4) is 0 Å². The highest BCUT2D eigenvalue weighted by atomic mass is 32.2. The number of nitrogens with one attached hydrogen (secondary N) is 1. The summed E-state index contributed by atoms with van der Waals surface area (Å²) in [5, 5.41) is 0. The molecule has 0 aliphatic rings. The minimum atomic E-state index is -3.64. The van der Waals surface area contributed by atoms with E-state index in [2.05, 4.69) is 4.72 Å². The van der Waals surface area contributed by atoms with Crippen molar-refractivity contribution < 1.29 is 17.2 Å². The Balaban J connectivity index is 1.88. The lowest BCUT2D eigenvalue weighted by Crippen LogP contribution is -2.37. The first kappa shape index (κ1) is 19.7. The first-order valence-corrected chi connectivity index (χ1v) is 10.3. The molecular formula is C17H21N2O4S2-. The highest BCUT2D eigenvalue weighted by Crippen LogP contribution is 2.09. The van der Waals surface area contributed by atoms with Gasteiger partial charge in [-0.2, -0.15) is 0 Å². The summed E-state index contributed by atoms with van der Waals surface area (Å²) in [6.07, 6.45) is 0.569. The van der Waals surface area contributed by atoms with Crippen LogP contribution in [0.3, 0.4) is 0 Å². The van der Waals surface area contributed by atoms with Gasteiger partial charge >= 0.3 is 0 Å². The van der Waals surface area contributed by atoms with E-state index in [1.807, 2.05) is 37.3 Å². The van der Waals surface area contributed by atoms with Gasteiger partial charge < -0.3 is 4.55 Å². The molecule has 0 saturated carbocycles. The Morgan fingerprint density at radius 3 is 2.28 bits per heavy atom. The lowest BCUT2D eigenvalue weighted by atomic mass is 10.1. The maximum atomic E-state index is 12.2. The van der Waals surface area contributed by atoms with Crippen LogP contribution in [0.5, 0.6) is 0 Å². The Hall–Kier alpha value is -1.58. The molecule has 1 atom stereocenters. The van der Waals surface area contributed by atoms with Crippen LogP contribution in [0.25, 0.3) is 0 Å². The van der Waals surface area contributed by atoms with E-state index in [-0.39, 0.29) is 18.0 Å². The first-order valence-electron chi connectivity index (χ1n) is 7.83. The van der Waals surface area contributed by atoms with Gasteiger partial charge in [-0.25, -0.2) is 17.4 Å². The summed E-state index contributed by atoms with van der Waals surface area (Å²) >= 11 is -2.40. The highest BCUT2D eigenvalue weighted by Gasteiger charge is 2.14. The predicted molar refractivity (Wildman–Crippen MR) is 97.0 cm³/mol. The Bertz CT molecular complexity index is 793. The minimum Gasteiger partial charge on any atom is -0.760 e. The normalized spacial score (nSPS) is 13.1. The third kappa shape index (κ3) is 6.33. The Kier molecular flexibility index (Phi) is 7.27. The maximum absolute atomic E-state index is 12.2. The predicted octanol–water partition coefficient (Wildman–Crippen LogP) is 1.61. The molecule has 0 bridgehead atoms. The number of aryl methyl sites for hydroxylation is 1. The molecule has 0 aliphatic heterocycles. The molecule has 0 fully saturated rings. The Morgan fingerprint density at radius 2 is 1.68 bits per heavy atom. The molecule has 0 radical (unpaired) electrons. The van der Waals surface area contributed by atoms with E-state index in [4.69, 9.17) is 0 Å². The molecule has 0 amide bonds. The Labute approximate surface area is 151 Å². The van der Waals surface area contributed by atoms with Crippen molar-refractivity contribution in [3.63, 3.8) is 0 Å². The zero-order valence-electron chi connectivity index (χ0n) is 13.9. The summed E-state index contributed by atoms with van der Waals surface area (Å²) in [6, 6.07) is 16.0. The van der Waals surface area contributed by atoms with Gasteiger partial charge in [0.25, 0.3) is 0 Å². The lowest BCUT2D eigenvalue weighted by Gasteiger charge is -2.24. The fourth-order valence-electron chi connectivity index (χ4n) is 2.26. The van der Waals surface area contributed by atoms with Gasteiger partial charge in [-0.15, -0.1) is 0 Å². The monoisotopic (exact) mass is 381 g/mol. The van der Waals surface area contributed by atoms with E-state index in [9.17, 15) is 17.2 Å². The largest absolute Gasteiger partial charge is 0.760 e. The zero-order valence-corrected chi connectivity index (χ0v) is 15.6. The molecule has 0 spiro atoms. The summed E-state index contributed by atoms with van der Waals surface area (Å²) in [6.45, 7) is 2.26. The highest BCUT2D eigenvalue weighted by molar-refractivity contribution is 7.89. The van der Waals surface area contributed by atoms with Crippen LogP contribution in [0.4, 0.5) is 0 Å². The summed E-state index contributed by atoms with van der Waals surface area (Å²) in [5.41, 5.74) is 1.99. The van der Waals surface area contributed by atoms with Crippen molar-refractivity contribution >= 4 is 21.3 Å². The summed E-state index contributed by atoms with van der Waals surface area (Å²) in [7, 11) is -3.64. The average molecular weight is 381 g/mol. The van der Waals surface area contributed by atoms with Crippen molar-refractivity contribution in [1.82, 2.24) is 9.03 Å². The van der Waals surface area contributed by atoms with Gasteiger partial charge in [-0.1, -0.05) is 48.0 Å². The van der Waals surface area contributed by atoms with Gasteiger partial charge in [-0.05, 0) is 31.0 Å². The quantitative estimate of drug-likeness (QED) is 0.668. The third-order valence-corrected chi connectivity index (χ3v) is 5.95. The third-order valence-electron chi connectivity index (χ3n) is 3.69. The van der Waals surface area contributed by atoms with Crippen LogP contribution in [0.15, 0.2) is 59.5 Å². The van der Waals surface area contributed by atoms with Crippen LogP contribution in [-0.4, -0.2) is 41.1 Å². The van der Waals surface area contributed by atoms with E-state index in [1.165, 1.54) is 16.4 Å². The van der Waals surface area contributed by atoms with Crippen LogP contribution in [0.2, 0.25) is 0 Å². The number of sulfonamides is 1. The second-order valence-electron chi connectivity index (χ2n) is 5.59. The van der Waals surface area contributed by atoms with Gasteiger partial charge in [0.05, 0.1) is 4.90 Å². The molecule has 2 aromatic rings. The molecule has 1 N–H and O–H groups in total. The molecule has 25 heavy (non-hydrogen) atoms. The van der Waals surface area contributed by atoms with Gasteiger partial charge in [0, 0.05) is 30.9 Å². The molecule has 0 heterocycles. The first-order chi connectivity index (χ1) is 11.9.